The molecular formula is C10H11N3O6. The van der Waals surface area contributed by atoms with Crippen LogP contribution in [0.1, 0.15) is 25.7 Å². The molecule has 0 aliphatic carbocycles. The van der Waals surface area contributed by atoms with Crippen LogP contribution in [-0.4, -0.2) is 46.2 Å². The fourth-order valence-corrected chi connectivity index (χ4v) is 1.69. The van der Waals surface area contributed by atoms with E-state index in [-0.39, 0.29) is 25.7 Å². The van der Waals surface area contributed by atoms with Crippen molar-refractivity contribution >= 4 is 29.6 Å². The number of hydroxylamine groups is 2. The molecule has 0 spiro atoms. The predicted molar refractivity (Wildman–Crippen MR) is 56.3 cm³/mol. The van der Waals surface area contributed by atoms with Crippen LogP contribution in [0.4, 0.5) is 0 Å². The van der Waals surface area contributed by atoms with Crippen molar-refractivity contribution in [3.8, 4) is 0 Å². The number of amides is 4. The molecule has 0 bridgehead atoms. The molecule has 0 unspecified atom stereocenters. The highest BCUT2D eigenvalue weighted by Gasteiger charge is 2.34. The summed E-state index contributed by atoms with van der Waals surface area (Å²) in [5.74, 6) is -2.99. The number of carbonyl (C=O) groups is 5. The number of imide groups is 2. The van der Waals surface area contributed by atoms with E-state index < -0.39 is 36.1 Å². The Balaban J connectivity index is 1.82. The van der Waals surface area contributed by atoms with Crippen molar-refractivity contribution < 1.29 is 28.8 Å². The number of hydrogen-bond donors (Lipinski definition) is 1. The van der Waals surface area contributed by atoms with Gasteiger partial charge in [-0.1, -0.05) is 0 Å². The van der Waals surface area contributed by atoms with Gasteiger partial charge in [-0.05, 0) is 0 Å². The summed E-state index contributed by atoms with van der Waals surface area (Å²) in [6.07, 6.45) is 0.180. The van der Waals surface area contributed by atoms with E-state index in [0.717, 1.165) is 5.01 Å². The quantitative estimate of drug-likeness (QED) is 0.602. The molecule has 0 aromatic rings. The maximum absolute atomic E-state index is 11.4. The van der Waals surface area contributed by atoms with Gasteiger partial charge >= 0.3 is 5.97 Å². The van der Waals surface area contributed by atoms with Crippen LogP contribution >= 0.6 is 0 Å². The van der Waals surface area contributed by atoms with Gasteiger partial charge in [0.05, 0.1) is 0 Å². The van der Waals surface area contributed by atoms with Crippen LogP contribution in [0.25, 0.3) is 0 Å². The van der Waals surface area contributed by atoms with E-state index in [9.17, 15) is 24.0 Å². The van der Waals surface area contributed by atoms with Crippen molar-refractivity contribution in [2.75, 3.05) is 6.54 Å². The minimum absolute atomic E-state index is 0.00262. The molecule has 0 radical (unpaired) electrons. The van der Waals surface area contributed by atoms with Gasteiger partial charge < -0.3 is 4.84 Å². The monoisotopic (exact) mass is 269 g/mol. The summed E-state index contributed by atoms with van der Waals surface area (Å²) in [5.41, 5.74) is 2.29. The molecule has 2 fully saturated rings. The van der Waals surface area contributed by atoms with E-state index in [0.29, 0.717) is 5.06 Å². The highest BCUT2D eigenvalue weighted by molar-refractivity contribution is 6.02. The molecule has 0 aromatic heterocycles. The largest absolute Gasteiger partial charge is 0.348 e. The Kier molecular flexibility index (Phi) is 3.56. The standard InChI is InChI=1S/C10H11N3O6/c14-6-1-2-7(15)12(6)11-5-10(18)19-13-8(16)3-4-9(13)17/h11H,1-5H2. The number of hydrogen-bond acceptors (Lipinski definition) is 7. The van der Waals surface area contributed by atoms with Gasteiger partial charge in [0.1, 0.15) is 6.54 Å². The lowest BCUT2D eigenvalue weighted by Crippen LogP contribution is -2.46. The summed E-state index contributed by atoms with van der Waals surface area (Å²) in [5, 5.41) is 1.13. The van der Waals surface area contributed by atoms with Crippen molar-refractivity contribution in [3.63, 3.8) is 0 Å². The average molecular weight is 269 g/mol. The molecule has 19 heavy (non-hydrogen) atoms. The Morgan fingerprint density at radius 2 is 1.42 bits per heavy atom. The van der Waals surface area contributed by atoms with E-state index >= 15 is 0 Å². The maximum atomic E-state index is 11.4. The first-order valence-electron chi connectivity index (χ1n) is 5.65. The molecule has 0 atom stereocenters. The zero-order chi connectivity index (χ0) is 14.0. The zero-order valence-corrected chi connectivity index (χ0v) is 9.88. The minimum atomic E-state index is -0.934. The van der Waals surface area contributed by atoms with Gasteiger partial charge in [0, 0.05) is 25.7 Å². The molecule has 0 saturated carbocycles. The number of carbonyl (C=O) groups excluding carboxylic acids is 5. The molecule has 2 rings (SSSR count). The van der Waals surface area contributed by atoms with Crippen molar-refractivity contribution in [2.24, 2.45) is 0 Å². The summed E-state index contributed by atoms with van der Waals surface area (Å²) in [4.78, 5) is 60.7. The van der Waals surface area contributed by atoms with Gasteiger partial charge in [-0.25, -0.2) is 15.2 Å². The summed E-state index contributed by atoms with van der Waals surface area (Å²) in [6, 6.07) is 0. The van der Waals surface area contributed by atoms with Gasteiger partial charge in [0.25, 0.3) is 11.8 Å². The first-order chi connectivity index (χ1) is 8.99. The van der Waals surface area contributed by atoms with E-state index in [4.69, 9.17) is 0 Å². The predicted octanol–water partition coefficient (Wildman–Crippen LogP) is -1.75. The fourth-order valence-electron chi connectivity index (χ4n) is 1.69. The Morgan fingerprint density at radius 1 is 0.947 bits per heavy atom. The van der Waals surface area contributed by atoms with Crippen LogP contribution in [0.3, 0.4) is 0 Å². The van der Waals surface area contributed by atoms with E-state index in [1.807, 2.05) is 0 Å². The van der Waals surface area contributed by atoms with Crippen LogP contribution < -0.4 is 5.43 Å². The second-order valence-electron chi connectivity index (χ2n) is 4.00. The Bertz CT molecular complexity index is 442. The lowest BCUT2D eigenvalue weighted by Gasteiger charge is -2.16. The number of rotatable bonds is 4. The molecule has 102 valence electrons. The second-order valence-corrected chi connectivity index (χ2v) is 4.00. The summed E-state index contributed by atoms with van der Waals surface area (Å²) in [7, 11) is 0. The molecule has 9 nitrogen and oxygen atoms in total. The van der Waals surface area contributed by atoms with Gasteiger partial charge in [0.2, 0.25) is 11.8 Å². The minimum Gasteiger partial charge on any atom is -0.329 e. The molecule has 2 aliphatic heterocycles. The molecule has 9 heteroatoms. The third-order valence-corrected chi connectivity index (χ3v) is 2.63. The van der Waals surface area contributed by atoms with Gasteiger partial charge in [0.15, 0.2) is 0 Å². The first-order valence-corrected chi connectivity index (χ1v) is 5.65. The van der Waals surface area contributed by atoms with Crippen molar-refractivity contribution in [1.82, 2.24) is 15.5 Å². The summed E-state index contributed by atoms with van der Waals surface area (Å²) in [6.45, 7) is -0.492. The normalized spacial score (nSPS) is 19.6. The van der Waals surface area contributed by atoms with Gasteiger partial charge in [-0.2, -0.15) is 0 Å². The average Bonchev–Trinajstić information content (AvgIpc) is 2.84. The van der Waals surface area contributed by atoms with E-state index in [1.54, 1.807) is 0 Å². The first kappa shape index (κ1) is 13.1. The van der Waals surface area contributed by atoms with Crippen molar-refractivity contribution in [3.05, 3.63) is 0 Å². The molecule has 2 heterocycles. The SMILES string of the molecule is O=C(CNN1C(=O)CCC1=O)ON1C(=O)CCC1=O. The topological polar surface area (TPSA) is 113 Å². The molecule has 2 aliphatic rings. The zero-order valence-electron chi connectivity index (χ0n) is 9.88. The summed E-state index contributed by atoms with van der Waals surface area (Å²) >= 11 is 0. The molecule has 2 saturated heterocycles. The van der Waals surface area contributed by atoms with Gasteiger partial charge in [-0.3, -0.25) is 19.2 Å². The number of nitrogens with zero attached hydrogens (tertiary/aromatic N) is 2. The third-order valence-electron chi connectivity index (χ3n) is 2.63. The second kappa shape index (κ2) is 5.14. The Labute approximate surface area is 107 Å². The lowest BCUT2D eigenvalue weighted by molar-refractivity contribution is -0.197. The van der Waals surface area contributed by atoms with Crippen molar-refractivity contribution in [1.29, 1.82) is 0 Å². The molecule has 0 aromatic carbocycles. The van der Waals surface area contributed by atoms with Gasteiger partial charge in [-0.15, -0.1) is 5.06 Å². The summed E-state index contributed by atoms with van der Waals surface area (Å²) < 4.78 is 0. The Hall–Kier alpha value is -2.29. The highest BCUT2D eigenvalue weighted by atomic mass is 16.7. The van der Waals surface area contributed by atoms with E-state index in [2.05, 4.69) is 10.3 Å². The van der Waals surface area contributed by atoms with Crippen molar-refractivity contribution in [2.45, 2.75) is 25.7 Å². The highest BCUT2D eigenvalue weighted by Crippen LogP contribution is 2.12. The third kappa shape index (κ3) is 2.76. The fraction of sp³-hybridized carbons (Fsp3) is 0.500. The molecule has 1 N–H and O–H groups in total. The van der Waals surface area contributed by atoms with Crippen LogP contribution in [0.2, 0.25) is 0 Å². The van der Waals surface area contributed by atoms with Crippen LogP contribution in [0, 0.1) is 0 Å². The van der Waals surface area contributed by atoms with Crippen LogP contribution in [-0.2, 0) is 28.8 Å². The lowest BCUT2D eigenvalue weighted by atomic mass is 10.4. The molecular weight excluding hydrogens is 258 g/mol. The smallest absolute Gasteiger partial charge is 0.329 e. The van der Waals surface area contributed by atoms with Crippen LogP contribution in [0.15, 0.2) is 0 Å². The van der Waals surface area contributed by atoms with Crippen LogP contribution in [0.5, 0.6) is 0 Å². The number of nitrogens with one attached hydrogen (secondary N) is 1. The Morgan fingerprint density at radius 3 is 1.95 bits per heavy atom. The van der Waals surface area contributed by atoms with E-state index in [1.165, 1.54) is 0 Å². The number of hydrazine groups is 1. The maximum Gasteiger partial charge on any atom is 0.348 e. The molecule has 4 amide bonds.